The van der Waals surface area contributed by atoms with Crippen LogP contribution in [0.3, 0.4) is 0 Å². The van der Waals surface area contributed by atoms with E-state index >= 15 is 0 Å². The van der Waals surface area contributed by atoms with E-state index in [4.69, 9.17) is 0 Å². The van der Waals surface area contributed by atoms with Crippen LogP contribution in [0.5, 0.6) is 0 Å². The molecule has 0 aliphatic carbocycles. The molecule has 1 aliphatic heterocycles. The third-order valence-corrected chi connectivity index (χ3v) is 4.63. The van der Waals surface area contributed by atoms with Crippen molar-refractivity contribution in [1.82, 2.24) is 5.32 Å². The van der Waals surface area contributed by atoms with Gasteiger partial charge in [0, 0.05) is 11.0 Å². The van der Waals surface area contributed by atoms with E-state index in [1.807, 2.05) is 0 Å². The van der Waals surface area contributed by atoms with Gasteiger partial charge in [-0.1, -0.05) is 12.1 Å². The molecule has 7 heteroatoms. The Hall–Kier alpha value is -1.08. The summed E-state index contributed by atoms with van der Waals surface area (Å²) >= 11 is 3.27. The zero-order valence-corrected chi connectivity index (χ0v) is 12.4. The van der Waals surface area contributed by atoms with Crippen LogP contribution in [0.4, 0.5) is 18.9 Å². The molecular formula is C13H14BrF3N2O. The summed E-state index contributed by atoms with van der Waals surface area (Å²) in [6.07, 6.45) is -4.82. The lowest BCUT2D eigenvalue weighted by Crippen LogP contribution is -2.49. The monoisotopic (exact) mass is 350 g/mol. The maximum absolute atomic E-state index is 13.2. The predicted molar refractivity (Wildman–Crippen MR) is 73.5 cm³/mol. The van der Waals surface area contributed by atoms with E-state index in [0.717, 1.165) is 5.56 Å². The second-order valence-electron chi connectivity index (χ2n) is 4.90. The van der Waals surface area contributed by atoms with Crippen molar-refractivity contribution in [3.05, 3.63) is 28.2 Å². The van der Waals surface area contributed by atoms with Crippen molar-refractivity contribution in [3.63, 3.8) is 0 Å². The Bertz CT molecular complexity index is 525. The standard InChI is InChI=1S/C13H14BrF3N2O/c1-8-3-2-4-9(10(8)14)19-11(20)12(13(15,16)17)5-6-18-7-12/h2-4,18H,5-7H2,1H3,(H,19,20). The van der Waals surface area contributed by atoms with Gasteiger partial charge in [0.1, 0.15) is 0 Å². The quantitative estimate of drug-likeness (QED) is 0.859. The van der Waals surface area contributed by atoms with Crippen molar-refractivity contribution in [2.24, 2.45) is 5.41 Å². The highest BCUT2D eigenvalue weighted by atomic mass is 79.9. The first-order valence-electron chi connectivity index (χ1n) is 6.12. The predicted octanol–water partition coefficient (Wildman–Crippen LogP) is 3.24. The molecule has 110 valence electrons. The minimum absolute atomic E-state index is 0.182. The molecule has 1 fully saturated rings. The molecule has 0 spiro atoms. The largest absolute Gasteiger partial charge is 0.404 e. The van der Waals surface area contributed by atoms with Crippen LogP contribution in [-0.4, -0.2) is 25.2 Å². The number of benzene rings is 1. The Balaban J connectivity index is 2.29. The van der Waals surface area contributed by atoms with Gasteiger partial charge in [-0.3, -0.25) is 4.79 Å². The lowest BCUT2D eigenvalue weighted by atomic mass is 9.85. The Morgan fingerprint density at radius 2 is 2.15 bits per heavy atom. The Kier molecular flexibility index (Phi) is 4.11. The number of hydrogen-bond acceptors (Lipinski definition) is 2. The Morgan fingerprint density at radius 1 is 1.45 bits per heavy atom. The number of amides is 1. The SMILES string of the molecule is Cc1cccc(NC(=O)C2(C(F)(F)F)CCNC2)c1Br. The van der Waals surface area contributed by atoms with Crippen LogP contribution in [0.25, 0.3) is 0 Å². The molecule has 0 bridgehead atoms. The first kappa shape index (κ1) is 15.3. The minimum atomic E-state index is -4.57. The molecule has 2 N–H and O–H groups in total. The number of aryl methyl sites for hydroxylation is 1. The number of carbonyl (C=O) groups excluding carboxylic acids is 1. The smallest absolute Gasteiger partial charge is 0.324 e. The molecule has 0 saturated carbocycles. The summed E-state index contributed by atoms with van der Waals surface area (Å²) in [5, 5.41) is 5.01. The second-order valence-corrected chi connectivity index (χ2v) is 5.69. The highest BCUT2D eigenvalue weighted by Crippen LogP contribution is 2.44. The van der Waals surface area contributed by atoms with E-state index in [1.165, 1.54) is 0 Å². The van der Waals surface area contributed by atoms with Crippen LogP contribution in [0.2, 0.25) is 0 Å². The molecule has 1 atom stereocenters. The summed E-state index contributed by atoms with van der Waals surface area (Å²) in [4.78, 5) is 12.2. The number of hydrogen-bond donors (Lipinski definition) is 2. The van der Waals surface area contributed by atoms with E-state index in [9.17, 15) is 18.0 Å². The molecular weight excluding hydrogens is 337 g/mol. The van der Waals surface area contributed by atoms with Crippen molar-refractivity contribution in [1.29, 1.82) is 0 Å². The number of anilines is 1. The molecule has 0 radical (unpaired) electrons. The van der Waals surface area contributed by atoms with Crippen molar-refractivity contribution in [2.45, 2.75) is 19.5 Å². The van der Waals surface area contributed by atoms with E-state index in [0.29, 0.717) is 10.2 Å². The number of carbonyl (C=O) groups is 1. The molecule has 1 aromatic carbocycles. The van der Waals surface area contributed by atoms with Crippen molar-refractivity contribution >= 4 is 27.5 Å². The highest BCUT2D eigenvalue weighted by Gasteiger charge is 2.61. The number of alkyl halides is 3. The fraction of sp³-hybridized carbons (Fsp3) is 0.462. The molecule has 1 saturated heterocycles. The molecule has 1 aliphatic rings. The fourth-order valence-electron chi connectivity index (χ4n) is 2.24. The van der Waals surface area contributed by atoms with Crippen molar-refractivity contribution in [3.8, 4) is 0 Å². The summed E-state index contributed by atoms with van der Waals surface area (Å²) < 4.78 is 40.3. The van der Waals surface area contributed by atoms with E-state index in [1.54, 1.807) is 25.1 Å². The topological polar surface area (TPSA) is 41.1 Å². The van der Waals surface area contributed by atoms with E-state index in [2.05, 4.69) is 26.6 Å². The highest BCUT2D eigenvalue weighted by molar-refractivity contribution is 9.10. The molecule has 3 nitrogen and oxygen atoms in total. The van der Waals surface area contributed by atoms with Gasteiger partial charge in [-0.05, 0) is 47.4 Å². The van der Waals surface area contributed by atoms with Gasteiger partial charge in [-0.2, -0.15) is 13.2 Å². The van der Waals surface area contributed by atoms with Crippen LogP contribution in [0.15, 0.2) is 22.7 Å². The Morgan fingerprint density at radius 3 is 2.70 bits per heavy atom. The van der Waals surface area contributed by atoms with Crippen molar-refractivity contribution in [2.75, 3.05) is 18.4 Å². The van der Waals surface area contributed by atoms with Crippen LogP contribution < -0.4 is 10.6 Å². The first-order valence-corrected chi connectivity index (χ1v) is 6.91. The minimum Gasteiger partial charge on any atom is -0.324 e. The molecule has 20 heavy (non-hydrogen) atoms. The van der Waals surface area contributed by atoms with Crippen molar-refractivity contribution < 1.29 is 18.0 Å². The molecule has 2 rings (SSSR count). The van der Waals surface area contributed by atoms with E-state index < -0.39 is 17.5 Å². The summed E-state index contributed by atoms with van der Waals surface area (Å²) in [6.45, 7) is 1.60. The third-order valence-electron chi connectivity index (χ3n) is 3.57. The zero-order valence-electron chi connectivity index (χ0n) is 10.8. The van der Waals surface area contributed by atoms with E-state index in [-0.39, 0.29) is 19.5 Å². The normalized spacial score (nSPS) is 22.9. The maximum Gasteiger partial charge on any atom is 0.404 e. The van der Waals surface area contributed by atoms with Crippen LogP contribution in [-0.2, 0) is 4.79 Å². The van der Waals surface area contributed by atoms with Gasteiger partial charge >= 0.3 is 6.18 Å². The maximum atomic E-state index is 13.2. The fourth-order valence-corrected chi connectivity index (χ4v) is 2.61. The summed E-state index contributed by atoms with van der Waals surface area (Å²) in [5.74, 6) is -1.01. The number of rotatable bonds is 2. The number of halogens is 4. The molecule has 1 aromatic rings. The van der Waals surface area contributed by atoms with Gasteiger partial charge in [0.25, 0.3) is 0 Å². The van der Waals surface area contributed by atoms with Crippen LogP contribution in [0.1, 0.15) is 12.0 Å². The Labute approximate surface area is 123 Å². The van der Waals surface area contributed by atoms with Gasteiger partial charge in [0.15, 0.2) is 5.41 Å². The first-order chi connectivity index (χ1) is 9.28. The third kappa shape index (κ3) is 2.56. The average Bonchev–Trinajstić information content (AvgIpc) is 2.85. The van der Waals surface area contributed by atoms with Crippen LogP contribution >= 0.6 is 15.9 Å². The van der Waals surface area contributed by atoms with Gasteiger partial charge in [0.05, 0.1) is 5.69 Å². The second kappa shape index (κ2) is 5.37. The summed E-state index contributed by atoms with van der Waals surface area (Å²) in [6, 6.07) is 5.06. The van der Waals surface area contributed by atoms with Gasteiger partial charge in [-0.15, -0.1) is 0 Å². The lowest BCUT2D eigenvalue weighted by molar-refractivity contribution is -0.213. The zero-order chi connectivity index (χ0) is 15.0. The lowest BCUT2D eigenvalue weighted by Gasteiger charge is -2.29. The summed E-state index contributed by atoms with van der Waals surface area (Å²) in [7, 11) is 0. The molecule has 1 amide bonds. The van der Waals surface area contributed by atoms with Gasteiger partial charge in [0.2, 0.25) is 5.91 Å². The molecule has 1 unspecified atom stereocenters. The number of nitrogens with one attached hydrogen (secondary N) is 2. The molecule has 1 heterocycles. The summed E-state index contributed by atoms with van der Waals surface area (Å²) in [5.41, 5.74) is -1.16. The van der Waals surface area contributed by atoms with Crippen LogP contribution in [0, 0.1) is 12.3 Å². The van der Waals surface area contributed by atoms with Gasteiger partial charge < -0.3 is 10.6 Å². The van der Waals surface area contributed by atoms with Gasteiger partial charge in [-0.25, -0.2) is 0 Å². The average molecular weight is 351 g/mol. The molecule has 0 aromatic heterocycles.